The standard InChI is InChI=1S/C38H30BrN3O6S2/c1-47-27-15-20(7-13-26(27)48-17-28(43)40-22-10-6-18-4-2-3-5-19(18)14-22)29-30-24-16-25(33(30)49-35-34(29)50-38(46)41-35)32-31(24)36(44)42(37(32)45)23-11-8-21(39)9-12-23/h2-15,24-25,29-33H,16-17H2,1H3,(H,40,43)(H,41,46)/t24?,25?,29-,30?,31?,32?,33?/m1/s1. The largest absolute Gasteiger partial charge is 0.493 e. The Bertz CT molecular complexity index is 2270. The number of ether oxygens (including phenoxy) is 2. The van der Waals surface area contributed by atoms with Crippen LogP contribution < -0.4 is 24.6 Å². The summed E-state index contributed by atoms with van der Waals surface area (Å²) in [4.78, 5) is 58.8. The summed E-state index contributed by atoms with van der Waals surface area (Å²) in [6.45, 7) is -0.214. The molecule has 6 unspecified atom stereocenters. The van der Waals surface area contributed by atoms with Gasteiger partial charge >= 0.3 is 4.87 Å². The van der Waals surface area contributed by atoms with Gasteiger partial charge in [0.25, 0.3) is 5.91 Å². The number of aromatic nitrogens is 1. The molecule has 9 rings (SSSR count). The van der Waals surface area contributed by atoms with Crippen molar-refractivity contribution in [2.75, 3.05) is 23.9 Å². The minimum absolute atomic E-state index is 0.0153. The van der Waals surface area contributed by atoms with Gasteiger partial charge in [0.05, 0.1) is 29.7 Å². The van der Waals surface area contributed by atoms with Crippen molar-refractivity contribution >= 4 is 78.9 Å². The van der Waals surface area contributed by atoms with Gasteiger partial charge < -0.3 is 19.8 Å². The SMILES string of the molecule is COc1cc([C@H]2c3sc(=O)[nH]c3SC3C4CC(C5C(=O)N(c6ccc(Br)cc6)C(=O)C45)C32)ccc1OCC(=O)Nc1ccc2ccccc2c1. The van der Waals surface area contributed by atoms with Gasteiger partial charge in [-0.15, -0.1) is 11.8 Å². The van der Waals surface area contributed by atoms with E-state index < -0.39 is 5.92 Å². The molecular weight excluding hydrogens is 738 g/mol. The number of hydrogen-bond acceptors (Lipinski definition) is 8. The Balaban J connectivity index is 0.990. The molecule has 2 aliphatic carbocycles. The van der Waals surface area contributed by atoms with Crippen LogP contribution in [0, 0.1) is 29.6 Å². The van der Waals surface area contributed by atoms with Crippen molar-refractivity contribution in [3.05, 3.63) is 110 Å². The fourth-order valence-electron chi connectivity index (χ4n) is 8.84. The lowest BCUT2D eigenvalue weighted by molar-refractivity contribution is -0.123. The molecule has 0 spiro atoms. The number of H-pyrrole nitrogens is 1. The number of anilines is 2. The van der Waals surface area contributed by atoms with E-state index in [-0.39, 0.29) is 64.0 Å². The number of methoxy groups -OCH3 is 1. The van der Waals surface area contributed by atoms with Crippen LogP contribution in [-0.4, -0.2) is 41.7 Å². The number of thiazole rings is 1. The van der Waals surface area contributed by atoms with Gasteiger partial charge in [-0.25, -0.2) is 0 Å². The summed E-state index contributed by atoms with van der Waals surface area (Å²) in [6.07, 6.45) is 0.795. The third-order valence-corrected chi connectivity index (χ3v) is 13.9. The lowest BCUT2D eigenvalue weighted by Crippen LogP contribution is -2.42. The summed E-state index contributed by atoms with van der Waals surface area (Å²) in [5, 5.41) is 5.91. The number of fused-ring (bicyclic) bond motifs is 10. The van der Waals surface area contributed by atoms with Crippen molar-refractivity contribution in [3.8, 4) is 11.5 Å². The average molecular weight is 769 g/mol. The highest BCUT2D eigenvalue weighted by Crippen LogP contribution is 2.68. The number of aromatic amines is 1. The first-order chi connectivity index (χ1) is 24.3. The van der Waals surface area contributed by atoms with E-state index in [0.29, 0.717) is 22.9 Å². The van der Waals surface area contributed by atoms with E-state index in [9.17, 15) is 19.2 Å². The van der Waals surface area contributed by atoms with Crippen molar-refractivity contribution in [1.82, 2.24) is 4.98 Å². The lowest BCUT2D eigenvalue weighted by Gasteiger charge is -2.43. The molecule has 3 amide bonds. The number of imide groups is 1. The predicted octanol–water partition coefficient (Wildman–Crippen LogP) is 7.06. The van der Waals surface area contributed by atoms with Crippen LogP contribution in [0.25, 0.3) is 10.8 Å². The van der Waals surface area contributed by atoms with Crippen LogP contribution >= 0.6 is 39.0 Å². The van der Waals surface area contributed by atoms with E-state index in [1.807, 2.05) is 66.7 Å². The van der Waals surface area contributed by atoms with Crippen LogP contribution in [0.1, 0.15) is 22.8 Å². The molecule has 4 aliphatic rings. The average Bonchev–Trinajstić information content (AvgIpc) is 3.86. The number of nitrogens with zero attached hydrogens (tertiary/aromatic N) is 1. The smallest absolute Gasteiger partial charge is 0.305 e. The summed E-state index contributed by atoms with van der Waals surface area (Å²) in [6, 6.07) is 26.7. The fraction of sp³-hybridized carbons (Fsp3) is 0.263. The molecule has 2 saturated carbocycles. The monoisotopic (exact) mass is 767 g/mol. The van der Waals surface area contributed by atoms with Crippen LogP contribution in [0.4, 0.5) is 11.4 Å². The molecule has 50 heavy (non-hydrogen) atoms. The second-order valence-electron chi connectivity index (χ2n) is 13.3. The molecule has 9 nitrogen and oxygen atoms in total. The van der Waals surface area contributed by atoms with Crippen molar-refractivity contribution < 1.29 is 23.9 Å². The molecule has 2 N–H and O–H groups in total. The topological polar surface area (TPSA) is 118 Å². The number of thioether (sulfide) groups is 1. The van der Waals surface area contributed by atoms with Gasteiger partial charge in [-0.1, -0.05) is 63.7 Å². The third-order valence-electron chi connectivity index (χ3n) is 10.7. The first-order valence-electron chi connectivity index (χ1n) is 16.4. The van der Waals surface area contributed by atoms with E-state index in [2.05, 4.69) is 26.2 Å². The zero-order chi connectivity index (χ0) is 34.3. The molecule has 0 radical (unpaired) electrons. The van der Waals surface area contributed by atoms with E-state index in [1.54, 1.807) is 37.1 Å². The number of carbonyl (C=O) groups excluding carboxylic acids is 3. The van der Waals surface area contributed by atoms with Gasteiger partial charge in [-0.05, 0) is 89.0 Å². The van der Waals surface area contributed by atoms with Crippen LogP contribution in [0.3, 0.4) is 0 Å². The first-order valence-corrected chi connectivity index (χ1v) is 18.9. The molecule has 3 heterocycles. The fourth-order valence-corrected chi connectivity index (χ4v) is 12.0. The number of hydrogen-bond donors (Lipinski definition) is 2. The molecule has 12 heteroatoms. The molecule has 1 aromatic heterocycles. The van der Waals surface area contributed by atoms with Gasteiger partial charge in [0, 0.05) is 26.2 Å². The van der Waals surface area contributed by atoms with Crippen LogP contribution in [0.2, 0.25) is 0 Å². The summed E-state index contributed by atoms with van der Waals surface area (Å²) < 4.78 is 12.6. The second-order valence-corrected chi connectivity index (χ2v) is 16.4. The Kier molecular flexibility index (Phi) is 7.67. The summed E-state index contributed by atoms with van der Waals surface area (Å²) in [7, 11) is 1.56. The number of carbonyl (C=O) groups is 3. The maximum atomic E-state index is 14.0. The molecule has 2 aliphatic heterocycles. The van der Waals surface area contributed by atoms with Crippen molar-refractivity contribution in [2.24, 2.45) is 29.6 Å². The molecule has 3 fully saturated rings. The van der Waals surface area contributed by atoms with Gasteiger partial charge in [0.1, 0.15) is 0 Å². The highest BCUT2D eigenvalue weighted by Gasteiger charge is 2.69. The van der Waals surface area contributed by atoms with Crippen LogP contribution in [0.15, 0.2) is 99.2 Å². The van der Waals surface area contributed by atoms with Crippen molar-refractivity contribution in [3.63, 3.8) is 0 Å². The maximum absolute atomic E-state index is 14.0. The first kappa shape index (κ1) is 31.6. The van der Waals surface area contributed by atoms with Crippen LogP contribution in [-0.2, 0) is 14.4 Å². The molecule has 2 bridgehead atoms. The van der Waals surface area contributed by atoms with Crippen molar-refractivity contribution in [2.45, 2.75) is 22.6 Å². The summed E-state index contributed by atoms with van der Waals surface area (Å²) >= 11 is 6.30. The Morgan fingerprint density at radius 2 is 1.68 bits per heavy atom. The summed E-state index contributed by atoms with van der Waals surface area (Å²) in [5.41, 5.74) is 2.22. The van der Waals surface area contributed by atoms with Gasteiger partial charge in [-0.3, -0.25) is 24.1 Å². The predicted molar refractivity (Wildman–Crippen MR) is 196 cm³/mol. The maximum Gasteiger partial charge on any atom is 0.305 e. The summed E-state index contributed by atoms with van der Waals surface area (Å²) in [5.74, 6) is -0.584. The zero-order valence-electron chi connectivity index (χ0n) is 26.6. The zero-order valence-corrected chi connectivity index (χ0v) is 29.8. The van der Waals surface area contributed by atoms with E-state index in [4.69, 9.17) is 9.47 Å². The molecule has 7 atom stereocenters. The van der Waals surface area contributed by atoms with Gasteiger partial charge in [-0.2, -0.15) is 0 Å². The Labute approximate surface area is 303 Å². The normalized spacial score (nSPS) is 26.1. The lowest BCUT2D eigenvalue weighted by atomic mass is 9.68. The third kappa shape index (κ3) is 5.02. The highest BCUT2D eigenvalue weighted by atomic mass is 79.9. The van der Waals surface area contributed by atoms with E-state index in [0.717, 1.165) is 37.1 Å². The number of nitrogens with one attached hydrogen (secondary N) is 2. The number of benzene rings is 4. The molecule has 4 aromatic carbocycles. The molecule has 1 saturated heterocycles. The quantitative estimate of drug-likeness (QED) is 0.171. The minimum Gasteiger partial charge on any atom is -0.493 e. The Morgan fingerprint density at radius 1 is 0.920 bits per heavy atom. The Morgan fingerprint density at radius 3 is 2.46 bits per heavy atom. The van der Waals surface area contributed by atoms with Crippen molar-refractivity contribution in [1.29, 1.82) is 0 Å². The second kappa shape index (κ2) is 12.1. The molecule has 252 valence electrons. The minimum atomic E-state index is -0.400. The number of amides is 3. The molecule has 5 aromatic rings. The van der Waals surface area contributed by atoms with Gasteiger partial charge in [0.2, 0.25) is 11.8 Å². The van der Waals surface area contributed by atoms with Gasteiger partial charge in [0.15, 0.2) is 18.1 Å². The number of rotatable bonds is 7. The Hall–Kier alpha value is -4.39. The van der Waals surface area contributed by atoms with E-state index in [1.165, 1.54) is 16.2 Å². The molecular formula is C38H30BrN3O6S2. The number of halogens is 1. The van der Waals surface area contributed by atoms with Crippen LogP contribution in [0.5, 0.6) is 11.5 Å². The highest BCUT2D eigenvalue weighted by molar-refractivity contribution is 9.10. The van der Waals surface area contributed by atoms with E-state index >= 15 is 0 Å².